The molecule has 1 fully saturated rings. The lowest BCUT2D eigenvalue weighted by Crippen LogP contribution is -2.50. The van der Waals surface area contributed by atoms with Crippen LogP contribution in [0.5, 0.6) is 0 Å². The predicted octanol–water partition coefficient (Wildman–Crippen LogP) is 2.54. The largest absolute Gasteiger partial charge is 0.368 e. The van der Waals surface area contributed by atoms with Crippen molar-refractivity contribution in [3.05, 3.63) is 82.7 Å². The molecule has 0 saturated carbocycles. The molecule has 1 aliphatic heterocycles. The molecule has 2 heterocycles. The average molecular weight is 410 g/mol. The smallest absolute Gasteiger partial charge is 0.267 e. The fourth-order valence-electron chi connectivity index (χ4n) is 3.47. The van der Waals surface area contributed by atoms with Gasteiger partial charge in [-0.3, -0.25) is 9.59 Å². The number of rotatable bonds is 4. The van der Waals surface area contributed by atoms with Crippen LogP contribution in [0.3, 0.4) is 0 Å². The molecule has 0 N–H and O–H groups in total. The highest BCUT2D eigenvalue weighted by molar-refractivity contribution is 5.76. The monoisotopic (exact) mass is 410 g/mol. The lowest BCUT2D eigenvalue weighted by molar-refractivity contribution is -0.132. The van der Waals surface area contributed by atoms with Crippen LogP contribution >= 0.6 is 0 Å². The fourth-order valence-corrected chi connectivity index (χ4v) is 3.47. The van der Waals surface area contributed by atoms with Gasteiger partial charge in [-0.25, -0.2) is 13.5 Å². The van der Waals surface area contributed by atoms with Gasteiger partial charge in [-0.05, 0) is 42.5 Å². The molecule has 8 heteroatoms. The highest BCUT2D eigenvalue weighted by Crippen LogP contribution is 2.19. The number of carbonyl (C=O) groups is 1. The first kappa shape index (κ1) is 19.8. The maximum absolute atomic E-state index is 14.0. The van der Waals surface area contributed by atoms with Crippen LogP contribution in [0, 0.1) is 11.6 Å². The summed E-state index contributed by atoms with van der Waals surface area (Å²) in [5.41, 5.74) is 1.04. The summed E-state index contributed by atoms with van der Waals surface area (Å²) < 4.78 is 28.2. The van der Waals surface area contributed by atoms with E-state index in [-0.39, 0.29) is 23.8 Å². The van der Waals surface area contributed by atoms with E-state index in [4.69, 9.17) is 0 Å². The first-order valence-electron chi connectivity index (χ1n) is 9.62. The summed E-state index contributed by atoms with van der Waals surface area (Å²) in [5.74, 6) is -0.962. The molecule has 1 aliphatic rings. The minimum atomic E-state index is -0.446. The molecule has 1 amide bonds. The van der Waals surface area contributed by atoms with E-state index in [9.17, 15) is 18.4 Å². The number of aromatic nitrogens is 2. The summed E-state index contributed by atoms with van der Waals surface area (Å²) in [6.45, 7) is 1.97. The van der Waals surface area contributed by atoms with E-state index in [1.54, 1.807) is 35.2 Å². The molecule has 3 aromatic rings. The Labute approximate surface area is 172 Å². The van der Waals surface area contributed by atoms with Crippen molar-refractivity contribution in [3.8, 4) is 11.3 Å². The zero-order chi connectivity index (χ0) is 21.1. The van der Waals surface area contributed by atoms with Crippen LogP contribution in [0.1, 0.15) is 0 Å². The number of carbonyl (C=O) groups excluding carboxylic acids is 1. The molecule has 1 aromatic heterocycles. The Morgan fingerprint density at radius 1 is 0.900 bits per heavy atom. The van der Waals surface area contributed by atoms with Crippen molar-refractivity contribution >= 4 is 11.6 Å². The molecule has 154 valence electrons. The Morgan fingerprint density at radius 3 is 2.30 bits per heavy atom. The zero-order valence-corrected chi connectivity index (χ0v) is 16.2. The van der Waals surface area contributed by atoms with Crippen molar-refractivity contribution < 1.29 is 13.6 Å². The van der Waals surface area contributed by atoms with E-state index < -0.39 is 11.4 Å². The quantitative estimate of drug-likeness (QED) is 0.663. The van der Waals surface area contributed by atoms with Gasteiger partial charge >= 0.3 is 0 Å². The van der Waals surface area contributed by atoms with Crippen LogP contribution in [0.25, 0.3) is 11.3 Å². The number of hydrogen-bond donors (Lipinski definition) is 0. The number of halogens is 2. The molecule has 0 aliphatic carbocycles. The maximum atomic E-state index is 14.0. The normalized spacial score (nSPS) is 14.1. The van der Waals surface area contributed by atoms with Crippen LogP contribution in [-0.4, -0.2) is 46.8 Å². The zero-order valence-electron chi connectivity index (χ0n) is 16.2. The third-order valence-corrected chi connectivity index (χ3v) is 5.13. The van der Waals surface area contributed by atoms with E-state index in [0.717, 1.165) is 10.4 Å². The van der Waals surface area contributed by atoms with Crippen LogP contribution < -0.4 is 10.5 Å². The number of nitrogens with zero attached hydrogens (tertiary/aromatic N) is 4. The molecule has 1 saturated heterocycles. The van der Waals surface area contributed by atoms with Crippen molar-refractivity contribution in [1.82, 2.24) is 14.7 Å². The van der Waals surface area contributed by atoms with E-state index in [1.807, 2.05) is 0 Å². The Balaban J connectivity index is 1.43. The Kier molecular flexibility index (Phi) is 5.56. The average Bonchev–Trinajstić information content (AvgIpc) is 2.76. The SMILES string of the molecule is O=C(Cn1nc(-c2ccccc2F)ccc1=O)N1CCN(c2ccc(F)cc2)CC1. The summed E-state index contributed by atoms with van der Waals surface area (Å²) in [6.07, 6.45) is 0. The van der Waals surface area contributed by atoms with Gasteiger partial charge in [-0.2, -0.15) is 5.10 Å². The summed E-state index contributed by atoms with van der Waals surface area (Å²) >= 11 is 0. The van der Waals surface area contributed by atoms with E-state index in [2.05, 4.69) is 10.00 Å². The second-order valence-electron chi connectivity index (χ2n) is 7.04. The fraction of sp³-hybridized carbons (Fsp3) is 0.227. The summed E-state index contributed by atoms with van der Waals surface area (Å²) in [4.78, 5) is 28.6. The minimum Gasteiger partial charge on any atom is -0.368 e. The van der Waals surface area contributed by atoms with E-state index in [1.165, 1.54) is 30.3 Å². The van der Waals surface area contributed by atoms with Gasteiger partial charge in [0.2, 0.25) is 5.91 Å². The van der Waals surface area contributed by atoms with E-state index in [0.29, 0.717) is 31.9 Å². The Morgan fingerprint density at radius 2 is 1.60 bits per heavy atom. The van der Waals surface area contributed by atoms with Gasteiger partial charge in [-0.1, -0.05) is 12.1 Å². The Hall–Kier alpha value is -3.55. The standard InChI is InChI=1S/C22H20F2N4O2/c23-16-5-7-17(8-6-16)26-11-13-27(14-12-26)22(30)15-28-21(29)10-9-20(25-28)18-3-1-2-4-19(18)24/h1-10H,11-15H2. The van der Waals surface area contributed by atoms with Crippen molar-refractivity contribution in [2.24, 2.45) is 0 Å². The highest BCUT2D eigenvalue weighted by Gasteiger charge is 2.22. The molecule has 0 unspecified atom stereocenters. The van der Waals surface area contributed by atoms with Crippen molar-refractivity contribution in [2.75, 3.05) is 31.1 Å². The molecule has 4 rings (SSSR count). The molecule has 0 radical (unpaired) electrons. The second-order valence-corrected chi connectivity index (χ2v) is 7.04. The molecule has 2 aromatic carbocycles. The van der Waals surface area contributed by atoms with Crippen LogP contribution in [0.4, 0.5) is 14.5 Å². The first-order chi connectivity index (χ1) is 14.5. The molecule has 6 nitrogen and oxygen atoms in total. The molecule has 0 spiro atoms. The van der Waals surface area contributed by atoms with Gasteiger partial charge in [0, 0.05) is 43.5 Å². The second kappa shape index (κ2) is 8.44. The maximum Gasteiger partial charge on any atom is 0.267 e. The lowest BCUT2D eigenvalue weighted by atomic mass is 10.1. The van der Waals surface area contributed by atoms with Gasteiger partial charge in [0.05, 0.1) is 5.69 Å². The van der Waals surface area contributed by atoms with Crippen LogP contribution in [0.2, 0.25) is 0 Å². The van der Waals surface area contributed by atoms with Gasteiger partial charge < -0.3 is 9.80 Å². The van der Waals surface area contributed by atoms with Gasteiger partial charge in [0.1, 0.15) is 18.2 Å². The summed E-state index contributed by atoms with van der Waals surface area (Å²) in [6, 6.07) is 15.1. The summed E-state index contributed by atoms with van der Waals surface area (Å²) in [5, 5.41) is 4.18. The molecular formula is C22H20F2N4O2. The van der Waals surface area contributed by atoms with Gasteiger partial charge in [0.15, 0.2) is 0 Å². The third kappa shape index (κ3) is 4.22. The number of anilines is 1. The first-order valence-corrected chi connectivity index (χ1v) is 9.62. The molecule has 0 atom stereocenters. The van der Waals surface area contributed by atoms with Crippen molar-refractivity contribution in [2.45, 2.75) is 6.54 Å². The van der Waals surface area contributed by atoms with Gasteiger partial charge in [0.25, 0.3) is 5.56 Å². The topological polar surface area (TPSA) is 58.4 Å². The van der Waals surface area contributed by atoms with Crippen molar-refractivity contribution in [3.63, 3.8) is 0 Å². The lowest BCUT2D eigenvalue weighted by Gasteiger charge is -2.36. The number of piperazine rings is 1. The Bertz CT molecular complexity index is 1110. The number of benzene rings is 2. The highest BCUT2D eigenvalue weighted by atomic mass is 19.1. The third-order valence-electron chi connectivity index (χ3n) is 5.13. The predicted molar refractivity (Wildman–Crippen MR) is 109 cm³/mol. The van der Waals surface area contributed by atoms with Crippen molar-refractivity contribution in [1.29, 1.82) is 0 Å². The van der Waals surface area contributed by atoms with Crippen LogP contribution in [0.15, 0.2) is 65.5 Å². The van der Waals surface area contributed by atoms with Crippen LogP contribution in [-0.2, 0) is 11.3 Å². The number of amides is 1. The number of hydrogen-bond acceptors (Lipinski definition) is 4. The van der Waals surface area contributed by atoms with E-state index >= 15 is 0 Å². The van der Waals surface area contributed by atoms with Gasteiger partial charge in [-0.15, -0.1) is 0 Å². The molecule has 30 heavy (non-hydrogen) atoms. The molecule has 0 bridgehead atoms. The minimum absolute atomic E-state index is 0.211. The molecular weight excluding hydrogens is 390 g/mol. The summed E-state index contributed by atoms with van der Waals surface area (Å²) in [7, 11) is 0.